The molecule has 0 fully saturated rings. The molecule has 0 saturated heterocycles. The normalized spacial score (nSPS) is 12.5. The van der Waals surface area contributed by atoms with Crippen molar-refractivity contribution in [2.24, 2.45) is 0 Å². The molecule has 0 bridgehead atoms. The molecule has 78 valence electrons. The monoisotopic (exact) mass is 199 g/mol. The maximum Gasteiger partial charge on any atom is 0.343 e. The molecule has 1 N–H and O–H groups in total. The SMILES string of the molecule is CCOC(=O)C(O)c1ncnn1CC. The van der Waals surface area contributed by atoms with Crippen LogP contribution in [0.25, 0.3) is 0 Å². The van der Waals surface area contributed by atoms with Crippen LogP contribution in [0.1, 0.15) is 25.8 Å². The Morgan fingerprint density at radius 3 is 3.00 bits per heavy atom. The van der Waals surface area contributed by atoms with Gasteiger partial charge in [-0.25, -0.2) is 14.5 Å². The summed E-state index contributed by atoms with van der Waals surface area (Å²) in [4.78, 5) is 14.9. The summed E-state index contributed by atoms with van der Waals surface area (Å²) in [6.45, 7) is 4.30. The lowest BCUT2D eigenvalue weighted by Crippen LogP contribution is -2.20. The number of hydrogen-bond acceptors (Lipinski definition) is 5. The third-order valence-corrected chi connectivity index (χ3v) is 1.70. The van der Waals surface area contributed by atoms with Crippen molar-refractivity contribution in [3.63, 3.8) is 0 Å². The molecule has 1 rings (SSSR count). The molecule has 0 saturated carbocycles. The van der Waals surface area contributed by atoms with Crippen LogP contribution in [0.2, 0.25) is 0 Å². The third kappa shape index (κ3) is 2.08. The number of carbonyl (C=O) groups excluding carboxylic acids is 1. The molecule has 0 spiro atoms. The lowest BCUT2D eigenvalue weighted by molar-refractivity contribution is -0.154. The first-order chi connectivity index (χ1) is 6.70. The van der Waals surface area contributed by atoms with Crippen LogP contribution in [-0.2, 0) is 16.1 Å². The third-order valence-electron chi connectivity index (χ3n) is 1.70. The van der Waals surface area contributed by atoms with Gasteiger partial charge < -0.3 is 9.84 Å². The molecule has 0 aliphatic heterocycles. The van der Waals surface area contributed by atoms with E-state index in [1.807, 2.05) is 6.92 Å². The van der Waals surface area contributed by atoms with E-state index in [1.54, 1.807) is 6.92 Å². The average Bonchev–Trinajstić information content (AvgIpc) is 2.64. The molecule has 0 aromatic carbocycles. The van der Waals surface area contributed by atoms with Gasteiger partial charge in [0.1, 0.15) is 6.33 Å². The quantitative estimate of drug-likeness (QED) is 0.685. The van der Waals surface area contributed by atoms with Gasteiger partial charge in [-0.2, -0.15) is 5.10 Å². The fourth-order valence-electron chi connectivity index (χ4n) is 1.06. The Balaban J connectivity index is 2.77. The van der Waals surface area contributed by atoms with Crippen molar-refractivity contribution < 1.29 is 14.6 Å². The lowest BCUT2D eigenvalue weighted by Gasteiger charge is -2.09. The minimum Gasteiger partial charge on any atom is -0.464 e. The molecule has 0 amide bonds. The van der Waals surface area contributed by atoms with Gasteiger partial charge in [0.15, 0.2) is 5.82 Å². The summed E-state index contributed by atoms with van der Waals surface area (Å²) < 4.78 is 6.10. The van der Waals surface area contributed by atoms with Gasteiger partial charge in [0.25, 0.3) is 0 Å². The van der Waals surface area contributed by atoms with E-state index in [-0.39, 0.29) is 12.4 Å². The number of aryl methyl sites for hydroxylation is 1. The summed E-state index contributed by atoms with van der Waals surface area (Å²) in [6, 6.07) is 0. The van der Waals surface area contributed by atoms with E-state index >= 15 is 0 Å². The molecule has 1 aromatic heterocycles. The highest BCUT2D eigenvalue weighted by Gasteiger charge is 2.23. The highest BCUT2D eigenvalue weighted by Crippen LogP contribution is 2.10. The van der Waals surface area contributed by atoms with Gasteiger partial charge >= 0.3 is 5.97 Å². The fraction of sp³-hybridized carbons (Fsp3) is 0.625. The van der Waals surface area contributed by atoms with Crippen molar-refractivity contribution in [1.29, 1.82) is 0 Å². The van der Waals surface area contributed by atoms with E-state index in [2.05, 4.69) is 14.8 Å². The first-order valence-corrected chi connectivity index (χ1v) is 4.43. The predicted octanol–water partition coefficient (Wildman–Crippen LogP) is -0.106. The zero-order valence-electron chi connectivity index (χ0n) is 8.17. The van der Waals surface area contributed by atoms with Crippen LogP contribution in [0.15, 0.2) is 6.33 Å². The topological polar surface area (TPSA) is 77.2 Å². The molecule has 0 aliphatic carbocycles. The fourth-order valence-corrected chi connectivity index (χ4v) is 1.06. The smallest absolute Gasteiger partial charge is 0.343 e. The highest BCUT2D eigenvalue weighted by atomic mass is 16.5. The second-order valence-electron chi connectivity index (χ2n) is 2.59. The molecule has 6 nitrogen and oxygen atoms in total. The largest absolute Gasteiger partial charge is 0.464 e. The molecular formula is C8H13N3O3. The second kappa shape index (κ2) is 4.71. The number of aliphatic hydroxyl groups excluding tert-OH is 1. The first-order valence-electron chi connectivity index (χ1n) is 4.43. The molecule has 14 heavy (non-hydrogen) atoms. The number of esters is 1. The van der Waals surface area contributed by atoms with Crippen LogP contribution in [-0.4, -0.2) is 32.4 Å². The van der Waals surface area contributed by atoms with Gasteiger partial charge in [-0.1, -0.05) is 0 Å². The van der Waals surface area contributed by atoms with Crippen molar-refractivity contribution in [1.82, 2.24) is 14.8 Å². The van der Waals surface area contributed by atoms with Crippen LogP contribution < -0.4 is 0 Å². The van der Waals surface area contributed by atoms with Gasteiger partial charge in [-0.05, 0) is 13.8 Å². The molecule has 1 atom stereocenters. The lowest BCUT2D eigenvalue weighted by atomic mass is 10.3. The number of aromatic nitrogens is 3. The molecule has 0 radical (unpaired) electrons. The summed E-state index contributed by atoms with van der Waals surface area (Å²) in [6.07, 6.45) is -0.0567. The average molecular weight is 199 g/mol. The Labute approximate surface area is 81.5 Å². The van der Waals surface area contributed by atoms with Crippen LogP contribution in [0.5, 0.6) is 0 Å². The van der Waals surface area contributed by atoms with Crippen LogP contribution in [0, 0.1) is 0 Å². The van der Waals surface area contributed by atoms with Crippen molar-refractivity contribution in [3.05, 3.63) is 12.2 Å². The number of hydrogen-bond donors (Lipinski definition) is 1. The van der Waals surface area contributed by atoms with Gasteiger partial charge in [0, 0.05) is 6.54 Å². The van der Waals surface area contributed by atoms with Crippen molar-refractivity contribution >= 4 is 5.97 Å². The molecule has 1 heterocycles. The number of carbonyl (C=O) groups is 1. The Morgan fingerprint density at radius 2 is 2.43 bits per heavy atom. The molecule has 0 aliphatic rings. The van der Waals surface area contributed by atoms with E-state index in [0.29, 0.717) is 6.54 Å². The summed E-state index contributed by atoms with van der Waals surface area (Å²) in [5.41, 5.74) is 0. The van der Waals surface area contributed by atoms with Gasteiger partial charge in [0.2, 0.25) is 6.10 Å². The number of nitrogens with zero attached hydrogens (tertiary/aromatic N) is 3. The maximum absolute atomic E-state index is 11.2. The van der Waals surface area contributed by atoms with E-state index < -0.39 is 12.1 Å². The summed E-state index contributed by atoms with van der Waals surface area (Å²) in [5, 5.41) is 13.4. The van der Waals surface area contributed by atoms with Crippen molar-refractivity contribution in [2.75, 3.05) is 6.61 Å². The minimum atomic E-state index is -1.35. The van der Waals surface area contributed by atoms with Crippen LogP contribution in [0.3, 0.4) is 0 Å². The Morgan fingerprint density at radius 1 is 1.71 bits per heavy atom. The highest BCUT2D eigenvalue weighted by molar-refractivity contribution is 5.75. The van der Waals surface area contributed by atoms with Crippen molar-refractivity contribution in [3.8, 4) is 0 Å². The van der Waals surface area contributed by atoms with Gasteiger partial charge in [0.05, 0.1) is 6.61 Å². The molecular weight excluding hydrogens is 186 g/mol. The summed E-state index contributed by atoms with van der Waals surface area (Å²) >= 11 is 0. The second-order valence-corrected chi connectivity index (χ2v) is 2.59. The van der Waals surface area contributed by atoms with Crippen molar-refractivity contribution in [2.45, 2.75) is 26.5 Å². The van der Waals surface area contributed by atoms with E-state index in [9.17, 15) is 9.90 Å². The zero-order valence-corrected chi connectivity index (χ0v) is 8.17. The molecule has 1 unspecified atom stereocenters. The maximum atomic E-state index is 11.2. The van der Waals surface area contributed by atoms with Crippen LogP contribution in [0.4, 0.5) is 0 Å². The molecule has 1 aromatic rings. The number of ether oxygens (including phenoxy) is 1. The predicted molar refractivity (Wildman–Crippen MR) is 47.3 cm³/mol. The van der Waals surface area contributed by atoms with Gasteiger partial charge in [-0.15, -0.1) is 0 Å². The summed E-state index contributed by atoms with van der Waals surface area (Å²) in [5.74, 6) is -0.485. The van der Waals surface area contributed by atoms with E-state index in [1.165, 1.54) is 11.0 Å². The van der Waals surface area contributed by atoms with E-state index in [0.717, 1.165) is 0 Å². The summed E-state index contributed by atoms with van der Waals surface area (Å²) in [7, 11) is 0. The molecule has 6 heteroatoms. The zero-order chi connectivity index (χ0) is 10.6. The Bertz CT molecular complexity index is 311. The Hall–Kier alpha value is -1.43. The number of rotatable bonds is 4. The van der Waals surface area contributed by atoms with Crippen LogP contribution >= 0.6 is 0 Å². The minimum absolute atomic E-state index is 0.214. The standard InChI is InChI=1S/C8H13N3O3/c1-3-11-7(9-5-10-11)6(12)8(13)14-4-2/h5-6,12H,3-4H2,1-2H3. The van der Waals surface area contributed by atoms with Gasteiger partial charge in [-0.3, -0.25) is 0 Å². The Kier molecular flexibility index (Phi) is 3.58. The van der Waals surface area contributed by atoms with E-state index in [4.69, 9.17) is 0 Å². The number of aliphatic hydroxyl groups is 1. The first kappa shape index (κ1) is 10.6.